The Bertz CT molecular complexity index is 304. The molecule has 1 aliphatic heterocycles. The Morgan fingerprint density at radius 1 is 1.57 bits per heavy atom. The Morgan fingerprint density at radius 3 is 3.07 bits per heavy atom. The summed E-state index contributed by atoms with van der Waals surface area (Å²) in [6.07, 6.45) is 2.46. The van der Waals surface area contributed by atoms with Gasteiger partial charge >= 0.3 is 0 Å². The van der Waals surface area contributed by atoms with Crippen LogP contribution in [0.2, 0.25) is 0 Å². The third kappa shape index (κ3) is 1.97. The van der Waals surface area contributed by atoms with Gasteiger partial charge in [-0.3, -0.25) is 9.78 Å². The highest BCUT2D eigenvalue weighted by atomic mass is 16.5. The molecule has 0 radical (unpaired) electrons. The quantitative estimate of drug-likeness (QED) is 0.695. The number of rotatable bonds is 2. The highest BCUT2D eigenvalue weighted by molar-refractivity contribution is 5.71. The predicted molar refractivity (Wildman–Crippen MR) is 51.2 cm³/mol. The average molecular weight is 192 g/mol. The lowest BCUT2D eigenvalue weighted by Crippen LogP contribution is -2.34. The maximum Gasteiger partial charge on any atom is 0.168 e. The van der Waals surface area contributed by atoms with Gasteiger partial charge < -0.3 is 10.1 Å². The molecule has 1 unspecified atom stereocenters. The van der Waals surface area contributed by atoms with Gasteiger partial charge in [-0.15, -0.1) is 0 Å². The number of aldehydes is 1. The summed E-state index contributed by atoms with van der Waals surface area (Å²) in [4.78, 5) is 14.4. The van der Waals surface area contributed by atoms with Crippen molar-refractivity contribution in [2.75, 3.05) is 19.8 Å². The molecule has 1 aliphatic rings. The van der Waals surface area contributed by atoms with Crippen molar-refractivity contribution >= 4 is 6.29 Å². The molecule has 0 amide bonds. The van der Waals surface area contributed by atoms with Crippen molar-refractivity contribution in [1.82, 2.24) is 10.3 Å². The molecular formula is C10H12N2O2. The minimum absolute atomic E-state index is 0.206. The van der Waals surface area contributed by atoms with Crippen LogP contribution in [0.3, 0.4) is 0 Å². The summed E-state index contributed by atoms with van der Waals surface area (Å²) < 4.78 is 5.33. The van der Waals surface area contributed by atoms with Crippen LogP contribution in [0.1, 0.15) is 22.1 Å². The van der Waals surface area contributed by atoms with E-state index >= 15 is 0 Å². The molecule has 4 nitrogen and oxygen atoms in total. The second-order valence-electron chi connectivity index (χ2n) is 3.22. The molecule has 2 rings (SSSR count). The number of nitrogens with one attached hydrogen (secondary N) is 1. The zero-order valence-corrected chi connectivity index (χ0v) is 7.77. The zero-order chi connectivity index (χ0) is 9.80. The van der Waals surface area contributed by atoms with E-state index in [4.69, 9.17) is 4.74 Å². The first kappa shape index (κ1) is 9.30. The van der Waals surface area contributed by atoms with Crippen molar-refractivity contribution in [1.29, 1.82) is 0 Å². The van der Waals surface area contributed by atoms with Crippen molar-refractivity contribution in [3.8, 4) is 0 Å². The largest absolute Gasteiger partial charge is 0.378 e. The molecule has 2 heterocycles. The van der Waals surface area contributed by atoms with Crippen LogP contribution in [0.4, 0.5) is 0 Å². The smallest absolute Gasteiger partial charge is 0.168 e. The summed E-state index contributed by atoms with van der Waals surface area (Å²) in [6, 6.07) is 3.83. The molecule has 0 bridgehead atoms. The molecule has 0 spiro atoms. The van der Waals surface area contributed by atoms with Crippen LogP contribution in [0.15, 0.2) is 18.3 Å². The van der Waals surface area contributed by atoms with Gasteiger partial charge in [-0.2, -0.15) is 0 Å². The Kier molecular flexibility index (Phi) is 2.86. The van der Waals surface area contributed by atoms with Gasteiger partial charge in [0.05, 0.1) is 19.3 Å². The maximum atomic E-state index is 10.4. The lowest BCUT2D eigenvalue weighted by Gasteiger charge is -2.23. The highest BCUT2D eigenvalue weighted by Crippen LogP contribution is 2.14. The molecule has 0 aliphatic carbocycles. The normalized spacial score (nSPS) is 21.9. The SMILES string of the molecule is O=Cc1ccc(C2COCCN2)cn1. The van der Waals surface area contributed by atoms with Gasteiger partial charge in [0.15, 0.2) is 6.29 Å². The Hall–Kier alpha value is -1.26. The third-order valence-corrected chi connectivity index (χ3v) is 2.25. The molecule has 1 fully saturated rings. The summed E-state index contributed by atoms with van der Waals surface area (Å²) in [5, 5.41) is 3.32. The second-order valence-corrected chi connectivity index (χ2v) is 3.22. The zero-order valence-electron chi connectivity index (χ0n) is 7.77. The van der Waals surface area contributed by atoms with E-state index in [9.17, 15) is 4.79 Å². The Morgan fingerprint density at radius 2 is 2.50 bits per heavy atom. The molecular weight excluding hydrogens is 180 g/mol. The monoisotopic (exact) mass is 192 g/mol. The summed E-state index contributed by atoms with van der Waals surface area (Å²) in [5.74, 6) is 0. The number of ether oxygens (including phenoxy) is 1. The number of morpholine rings is 1. The van der Waals surface area contributed by atoms with Crippen LogP contribution in [0.5, 0.6) is 0 Å². The van der Waals surface area contributed by atoms with Crippen LogP contribution >= 0.6 is 0 Å². The predicted octanol–water partition coefficient (Wildman–Crippen LogP) is 0.555. The Labute approximate surface area is 82.3 Å². The standard InChI is InChI=1S/C10H12N2O2/c13-6-9-2-1-8(5-12-9)10-7-14-4-3-11-10/h1-2,5-6,10-11H,3-4,7H2. The van der Waals surface area contributed by atoms with Gasteiger partial charge in [0, 0.05) is 12.7 Å². The molecule has 74 valence electrons. The van der Waals surface area contributed by atoms with Crippen molar-refractivity contribution in [2.45, 2.75) is 6.04 Å². The molecule has 1 aromatic heterocycles. The summed E-state index contributed by atoms with van der Waals surface area (Å²) in [6.45, 7) is 2.29. The second kappa shape index (κ2) is 4.30. The molecule has 1 saturated heterocycles. The lowest BCUT2D eigenvalue weighted by molar-refractivity contribution is 0.0768. The number of hydrogen-bond acceptors (Lipinski definition) is 4. The first-order valence-corrected chi connectivity index (χ1v) is 4.62. The molecule has 0 saturated carbocycles. The number of pyridine rings is 1. The molecule has 4 heteroatoms. The van der Waals surface area contributed by atoms with Gasteiger partial charge in [-0.05, 0) is 11.6 Å². The van der Waals surface area contributed by atoms with Crippen LogP contribution < -0.4 is 5.32 Å². The fraction of sp³-hybridized carbons (Fsp3) is 0.400. The first-order chi connectivity index (χ1) is 6.90. The van der Waals surface area contributed by atoms with E-state index in [0.717, 1.165) is 25.0 Å². The third-order valence-electron chi connectivity index (χ3n) is 2.25. The number of carbonyl (C=O) groups excluding carboxylic acids is 1. The molecule has 0 aromatic carbocycles. The molecule has 1 N–H and O–H groups in total. The fourth-order valence-electron chi connectivity index (χ4n) is 1.47. The van der Waals surface area contributed by atoms with Gasteiger partial charge in [0.25, 0.3) is 0 Å². The van der Waals surface area contributed by atoms with E-state index in [1.807, 2.05) is 6.07 Å². The highest BCUT2D eigenvalue weighted by Gasteiger charge is 2.14. The van der Waals surface area contributed by atoms with E-state index < -0.39 is 0 Å². The van der Waals surface area contributed by atoms with Crippen LogP contribution in [0.25, 0.3) is 0 Å². The molecule has 14 heavy (non-hydrogen) atoms. The number of aromatic nitrogens is 1. The van der Waals surface area contributed by atoms with Crippen molar-refractivity contribution in [2.24, 2.45) is 0 Å². The fourth-order valence-corrected chi connectivity index (χ4v) is 1.47. The summed E-state index contributed by atoms with van der Waals surface area (Å²) in [7, 11) is 0. The minimum atomic E-state index is 0.206. The van der Waals surface area contributed by atoms with Crippen LogP contribution in [-0.4, -0.2) is 31.0 Å². The molecule has 1 atom stereocenters. The van der Waals surface area contributed by atoms with Crippen LogP contribution in [0, 0.1) is 0 Å². The van der Waals surface area contributed by atoms with E-state index in [-0.39, 0.29) is 6.04 Å². The van der Waals surface area contributed by atoms with Gasteiger partial charge in [-0.1, -0.05) is 6.07 Å². The summed E-state index contributed by atoms with van der Waals surface area (Å²) >= 11 is 0. The first-order valence-electron chi connectivity index (χ1n) is 4.62. The van der Waals surface area contributed by atoms with Gasteiger partial charge in [0.1, 0.15) is 5.69 Å². The van der Waals surface area contributed by atoms with E-state index in [1.165, 1.54) is 0 Å². The lowest BCUT2D eigenvalue weighted by atomic mass is 10.1. The topological polar surface area (TPSA) is 51.2 Å². The van der Waals surface area contributed by atoms with Crippen molar-refractivity contribution < 1.29 is 9.53 Å². The van der Waals surface area contributed by atoms with Crippen LogP contribution in [-0.2, 0) is 4.74 Å². The van der Waals surface area contributed by atoms with E-state index in [2.05, 4.69) is 10.3 Å². The minimum Gasteiger partial charge on any atom is -0.378 e. The van der Waals surface area contributed by atoms with E-state index in [1.54, 1.807) is 12.3 Å². The van der Waals surface area contributed by atoms with Crippen molar-refractivity contribution in [3.05, 3.63) is 29.6 Å². The van der Waals surface area contributed by atoms with Crippen molar-refractivity contribution in [3.63, 3.8) is 0 Å². The van der Waals surface area contributed by atoms with E-state index in [0.29, 0.717) is 12.3 Å². The number of hydrogen-bond donors (Lipinski definition) is 1. The number of carbonyl (C=O) groups is 1. The average Bonchev–Trinajstić information content (AvgIpc) is 2.30. The summed E-state index contributed by atoms with van der Waals surface area (Å²) in [5.41, 5.74) is 1.53. The molecule has 1 aromatic rings. The maximum absolute atomic E-state index is 10.4. The van der Waals surface area contributed by atoms with Gasteiger partial charge in [0.2, 0.25) is 0 Å². The Balaban J connectivity index is 2.11. The van der Waals surface area contributed by atoms with Gasteiger partial charge in [-0.25, -0.2) is 0 Å². The number of nitrogens with zero attached hydrogens (tertiary/aromatic N) is 1.